The van der Waals surface area contributed by atoms with Crippen LogP contribution in [0.2, 0.25) is 0 Å². The van der Waals surface area contributed by atoms with E-state index in [1.165, 1.54) is 12.8 Å². The minimum atomic E-state index is -0.0891. The lowest BCUT2D eigenvalue weighted by molar-refractivity contribution is -0.123. The number of hydrogen-bond donors (Lipinski definition) is 2. The number of carbonyl (C=O) groups is 1. The summed E-state index contributed by atoms with van der Waals surface area (Å²) in [6.45, 7) is 3.48. The summed E-state index contributed by atoms with van der Waals surface area (Å²) < 4.78 is 10.9. The van der Waals surface area contributed by atoms with Gasteiger partial charge in [-0.15, -0.1) is 0 Å². The topological polar surface area (TPSA) is 59.6 Å². The molecule has 0 radical (unpaired) electrons. The molecule has 0 bridgehead atoms. The molecule has 0 atom stereocenters. The number of hydrogen-bond acceptors (Lipinski definition) is 4. The summed E-state index contributed by atoms with van der Waals surface area (Å²) in [5, 5.41) is 6.25. The van der Waals surface area contributed by atoms with Gasteiger partial charge in [-0.1, -0.05) is 6.92 Å². The normalized spacial score (nSPS) is 13.8. The zero-order valence-corrected chi connectivity index (χ0v) is 12.8. The van der Waals surface area contributed by atoms with Gasteiger partial charge in [0.25, 0.3) is 5.91 Å². The molecule has 1 aromatic carbocycles. The maximum Gasteiger partial charge on any atom is 0.257 e. The number of methoxy groups -OCH3 is 1. The third-order valence-electron chi connectivity index (χ3n) is 3.36. The Morgan fingerprint density at radius 2 is 2.19 bits per heavy atom. The van der Waals surface area contributed by atoms with Crippen LogP contribution in [0.15, 0.2) is 18.2 Å². The maximum atomic E-state index is 11.6. The maximum absolute atomic E-state index is 11.6. The van der Waals surface area contributed by atoms with Gasteiger partial charge >= 0.3 is 0 Å². The first-order valence-corrected chi connectivity index (χ1v) is 7.52. The van der Waals surface area contributed by atoms with Crippen LogP contribution in [-0.4, -0.2) is 32.2 Å². The van der Waals surface area contributed by atoms with Crippen LogP contribution in [0.4, 0.5) is 0 Å². The Balaban J connectivity index is 1.93. The lowest BCUT2D eigenvalue weighted by Gasteiger charge is -2.13. The van der Waals surface area contributed by atoms with Crippen LogP contribution >= 0.6 is 0 Å². The average molecular weight is 292 g/mol. The second kappa shape index (κ2) is 7.88. The van der Waals surface area contributed by atoms with E-state index in [0.717, 1.165) is 30.0 Å². The Morgan fingerprint density at radius 1 is 1.38 bits per heavy atom. The third-order valence-corrected chi connectivity index (χ3v) is 3.36. The molecule has 0 heterocycles. The molecular weight excluding hydrogens is 268 g/mol. The van der Waals surface area contributed by atoms with E-state index in [9.17, 15) is 4.79 Å². The number of benzene rings is 1. The number of amides is 1. The van der Waals surface area contributed by atoms with Gasteiger partial charge in [-0.05, 0) is 37.5 Å². The van der Waals surface area contributed by atoms with E-state index in [1.54, 1.807) is 7.11 Å². The fraction of sp³-hybridized carbons (Fsp3) is 0.562. The average Bonchev–Trinajstić information content (AvgIpc) is 3.33. The number of carbonyl (C=O) groups excluding carboxylic acids is 1. The van der Waals surface area contributed by atoms with E-state index in [-0.39, 0.29) is 12.5 Å². The van der Waals surface area contributed by atoms with Gasteiger partial charge in [0.05, 0.1) is 7.11 Å². The molecule has 5 heteroatoms. The van der Waals surface area contributed by atoms with Gasteiger partial charge in [0, 0.05) is 24.7 Å². The van der Waals surface area contributed by atoms with E-state index >= 15 is 0 Å². The summed E-state index contributed by atoms with van der Waals surface area (Å²) in [5.41, 5.74) is 1.02. The quantitative estimate of drug-likeness (QED) is 0.729. The summed E-state index contributed by atoms with van der Waals surface area (Å²) >= 11 is 0. The van der Waals surface area contributed by atoms with Crippen molar-refractivity contribution >= 4 is 5.91 Å². The van der Waals surface area contributed by atoms with Crippen molar-refractivity contribution in [2.24, 2.45) is 0 Å². The minimum absolute atomic E-state index is 0.0444. The van der Waals surface area contributed by atoms with Crippen molar-refractivity contribution in [3.05, 3.63) is 23.8 Å². The molecule has 21 heavy (non-hydrogen) atoms. The molecule has 1 aromatic rings. The van der Waals surface area contributed by atoms with Crippen molar-refractivity contribution < 1.29 is 14.3 Å². The van der Waals surface area contributed by atoms with Gasteiger partial charge < -0.3 is 20.1 Å². The van der Waals surface area contributed by atoms with Gasteiger partial charge in [0.1, 0.15) is 11.5 Å². The largest absolute Gasteiger partial charge is 0.497 e. The number of ether oxygens (including phenoxy) is 2. The second-order valence-corrected chi connectivity index (χ2v) is 5.27. The molecule has 2 rings (SSSR count). The van der Waals surface area contributed by atoms with E-state index in [2.05, 4.69) is 10.6 Å². The van der Waals surface area contributed by atoms with Crippen LogP contribution in [0.1, 0.15) is 31.7 Å². The Hall–Kier alpha value is -1.75. The first kappa shape index (κ1) is 15.6. The fourth-order valence-corrected chi connectivity index (χ4v) is 1.96. The molecule has 0 aliphatic heterocycles. The first-order chi connectivity index (χ1) is 10.2. The predicted molar refractivity (Wildman–Crippen MR) is 81.7 cm³/mol. The summed E-state index contributed by atoms with van der Waals surface area (Å²) in [7, 11) is 1.64. The lowest BCUT2D eigenvalue weighted by atomic mass is 10.2. The lowest BCUT2D eigenvalue weighted by Crippen LogP contribution is -2.29. The van der Waals surface area contributed by atoms with Crippen molar-refractivity contribution in [1.82, 2.24) is 10.6 Å². The third kappa shape index (κ3) is 5.27. The highest BCUT2D eigenvalue weighted by atomic mass is 16.5. The first-order valence-electron chi connectivity index (χ1n) is 7.52. The van der Waals surface area contributed by atoms with Gasteiger partial charge in [0.15, 0.2) is 6.61 Å². The van der Waals surface area contributed by atoms with Gasteiger partial charge in [-0.2, -0.15) is 0 Å². The van der Waals surface area contributed by atoms with Crippen LogP contribution in [-0.2, 0) is 11.3 Å². The van der Waals surface area contributed by atoms with Crippen LogP contribution in [0.5, 0.6) is 11.5 Å². The van der Waals surface area contributed by atoms with E-state index < -0.39 is 0 Å². The van der Waals surface area contributed by atoms with Crippen molar-refractivity contribution in [3.8, 4) is 11.5 Å². The van der Waals surface area contributed by atoms with Crippen LogP contribution < -0.4 is 20.1 Å². The van der Waals surface area contributed by atoms with Crippen LogP contribution in [0.3, 0.4) is 0 Å². The van der Waals surface area contributed by atoms with Gasteiger partial charge in [0.2, 0.25) is 0 Å². The molecule has 0 saturated heterocycles. The monoisotopic (exact) mass is 292 g/mol. The van der Waals surface area contributed by atoms with Crippen molar-refractivity contribution in [1.29, 1.82) is 0 Å². The Bertz CT molecular complexity index is 473. The summed E-state index contributed by atoms with van der Waals surface area (Å²) in [6.07, 6.45) is 3.39. The fourth-order valence-electron chi connectivity index (χ4n) is 1.96. The molecule has 0 unspecified atom stereocenters. The molecule has 0 aromatic heterocycles. The molecular formula is C16H24N2O3. The van der Waals surface area contributed by atoms with Crippen LogP contribution in [0.25, 0.3) is 0 Å². The highest BCUT2D eigenvalue weighted by molar-refractivity contribution is 5.77. The summed E-state index contributed by atoms with van der Waals surface area (Å²) in [4.78, 5) is 11.6. The Morgan fingerprint density at radius 3 is 2.86 bits per heavy atom. The standard InChI is InChI=1S/C16H24N2O3/c1-3-8-17-16(19)11-21-15-7-6-14(20-2)9-12(15)10-18-13-4-5-13/h6-7,9,13,18H,3-5,8,10-11H2,1-2H3,(H,17,19). The van der Waals surface area contributed by atoms with Crippen molar-refractivity contribution in [3.63, 3.8) is 0 Å². The highest BCUT2D eigenvalue weighted by Crippen LogP contribution is 2.26. The van der Waals surface area contributed by atoms with Crippen molar-refractivity contribution in [2.45, 2.75) is 38.8 Å². The zero-order valence-electron chi connectivity index (χ0n) is 12.8. The van der Waals surface area contributed by atoms with Crippen LogP contribution in [0, 0.1) is 0 Å². The van der Waals surface area contributed by atoms with E-state index in [1.807, 2.05) is 25.1 Å². The zero-order chi connectivity index (χ0) is 15.1. The highest BCUT2D eigenvalue weighted by Gasteiger charge is 2.21. The SMILES string of the molecule is CCCNC(=O)COc1ccc(OC)cc1CNC1CC1. The predicted octanol–water partition coefficient (Wildman–Crippen LogP) is 1.85. The molecule has 1 amide bonds. The van der Waals surface area contributed by atoms with Gasteiger partial charge in [-0.25, -0.2) is 0 Å². The molecule has 1 aliphatic rings. The molecule has 2 N–H and O–H groups in total. The molecule has 1 aliphatic carbocycles. The smallest absolute Gasteiger partial charge is 0.257 e. The molecule has 5 nitrogen and oxygen atoms in total. The summed E-state index contributed by atoms with van der Waals surface area (Å²) in [5.74, 6) is 1.44. The van der Waals surface area contributed by atoms with Gasteiger partial charge in [-0.3, -0.25) is 4.79 Å². The number of rotatable bonds is 9. The molecule has 1 saturated carbocycles. The number of nitrogens with one attached hydrogen (secondary N) is 2. The molecule has 0 spiro atoms. The second-order valence-electron chi connectivity index (χ2n) is 5.27. The Labute approximate surface area is 126 Å². The van der Waals surface area contributed by atoms with Crippen molar-refractivity contribution in [2.75, 3.05) is 20.3 Å². The molecule has 116 valence electrons. The van der Waals surface area contributed by atoms with E-state index in [4.69, 9.17) is 9.47 Å². The summed E-state index contributed by atoms with van der Waals surface area (Å²) in [6, 6.07) is 6.28. The Kier molecular flexibility index (Phi) is 5.87. The van der Waals surface area contributed by atoms with E-state index in [0.29, 0.717) is 12.6 Å². The molecule has 1 fully saturated rings. The minimum Gasteiger partial charge on any atom is -0.497 e.